The van der Waals surface area contributed by atoms with Crippen molar-refractivity contribution in [1.29, 1.82) is 0 Å². The van der Waals surface area contributed by atoms with E-state index in [1.54, 1.807) is 0 Å². The van der Waals surface area contributed by atoms with Gasteiger partial charge in [0.25, 0.3) is 0 Å². The molecule has 2 aromatic rings. The molecule has 36 heavy (non-hydrogen) atoms. The number of alkyl halides is 2. The van der Waals surface area contributed by atoms with E-state index in [2.05, 4.69) is 16.9 Å². The first-order valence-corrected chi connectivity index (χ1v) is 14.4. The van der Waals surface area contributed by atoms with E-state index in [1.807, 2.05) is 43.6 Å². The van der Waals surface area contributed by atoms with Gasteiger partial charge in [-0.15, -0.1) is 0 Å². The Bertz CT molecular complexity index is 782. The number of rotatable bonds is 21. The average molecular weight is 503 g/mol. The zero-order valence-corrected chi connectivity index (χ0v) is 22.7. The summed E-state index contributed by atoms with van der Waals surface area (Å²) in [5.74, 6) is 1.41. The standard InChI is InChI=1S/C31H48F2N2O/c1-3-5-6-7-8-9-10-11-12-15-26-24-34-31(35-25-26)27-18-20-30(21-19-27)36-23-22-29(33)17-13-16-28(32)14-4-2/h18-21,24-25,28-29H,3-17,22-23H2,1-2H3. The van der Waals surface area contributed by atoms with E-state index in [0.29, 0.717) is 50.3 Å². The van der Waals surface area contributed by atoms with Crippen LogP contribution < -0.4 is 4.74 Å². The molecular weight excluding hydrogens is 454 g/mol. The molecule has 3 nitrogen and oxygen atoms in total. The second-order valence-electron chi connectivity index (χ2n) is 10.1. The van der Waals surface area contributed by atoms with E-state index in [1.165, 1.54) is 63.4 Å². The first-order valence-electron chi connectivity index (χ1n) is 14.4. The molecule has 5 heteroatoms. The van der Waals surface area contributed by atoms with Crippen LogP contribution in [0.2, 0.25) is 0 Å². The van der Waals surface area contributed by atoms with Crippen LogP contribution in [0.1, 0.15) is 116 Å². The van der Waals surface area contributed by atoms with Crippen LogP contribution in [-0.2, 0) is 6.42 Å². The SMILES string of the molecule is CCCCCCCCCCCc1cnc(-c2ccc(OCCC(F)CCCC(F)CCC)cc2)nc1. The number of aryl methyl sites for hydroxylation is 1. The molecule has 2 rings (SSSR count). The molecule has 0 aliphatic carbocycles. The summed E-state index contributed by atoms with van der Waals surface area (Å²) in [6.45, 7) is 4.55. The molecule has 0 saturated heterocycles. The second-order valence-corrected chi connectivity index (χ2v) is 10.1. The molecule has 0 amide bonds. The molecule has 2 unspecified atom stereocenters. The van der Waals surface area contributed by atoms with Crippen molar-refractivity contribution in [2.75, 3.05) is 6.61 Å². The Morgan fingerprint density at radius 2 is 1.25 bits per heavy atom. The minimum Gasteiger partial charge on any atom is -0.493 e. The monoisotopic (exact) mass is 502 g/mol. The fourth-order valence-corrected chi connectivity index (χ4v) is 4.44. The molecule has 0 N–H and O–H groups in total. The predicted molar refractivity (Wildman–Crippen MR) is 147 cm³/mol. The van der Waals surface area contributed by atoms with Gasteiger partial charge in [-0.1, -0.05) is 71.6 Å². The summed E-state index contributed by atoms with van der Waals surface area (Å²) in [5.41, 5.74) is 2.13. The zero-order chi connectivity index (χ0) is 25.8. The van der Waals surface area contributed by atoms with Gasteiger partial charge in [-0.05, 0) is 68.4 Å². The van der Waals surface area contributed by atoms with E-state index < -0.39 is 12.3 Å². The first kappa shape index (κ1) is 30.2. The minimum atomic E-state index is -0.944. The Labute approximate surface area is 218 Å². The summed E-state index contributed by atoms with van der Waals surface area (Å²) in [6, 6.07) is 7.63. The van der Waals surface area contributed by atoms with Crippen molar-refractivity contribution in [2.45, 2.75) is 129 Å². The van der Waals surface area contributed by atoms with Gasteiger partial charge in [-0.25, -0.2) is 18.7 Å². The summed E-state index contributed by atoms with van der Waals surface area (Å²) in [5, 5.41) is 0. The molecule has 0 saturated carbocycles. The lowest BCUT2D eigenvalue weighted by atomic mass is 10.1. The fraction of sp³-hybridized carbons (Fsp3) is 0.677. The van der Waals surface area contributed by atoms with Crippen LogP contribution in [0.3, 0.4) is 0 Å². The molecule has 1 heterocycles. The summed E-state index contributed by atoms with van der Waals surface area (Å²) < 4.78 is 33.2. The van der Waals surface area contributed by atoms with Gasteiger partial charge in [-0.2, -0.15) is 0 Å². The Morgan fingerprint density at radius 1 is 0.667 bits per heavy atom. The van der Waals surface area contributed by atoms with Gasteiger partial charge in [0.1, 0.15) is 18.1 Å². The molecule has 0 aliphatic heterocycles. The number of ether oxygens (including phenoxy) is 1. The Hall–Kier alpha value is -2.04. The molecule has 202 valence electrons. The zero-order valence-electron chi connectivity index (χ0n) is 22.7. The van der Waals surface area contributed by atoms with Crippen molar-refractivity contribution in [3.63, 3.8) is 0 Å². The summed E-state index contributed by atoms with van der Waals surface area (Å²) >= 11 is 0. The molecule has 0 fully saturated rings. The lowest BCUT2D eigenvalue weighted by molar-refractivity contribution is 0.213. The number of hydrogen-bond acceptors (Lipinski definition) is 3. The Balaban J connectivity index is 1.61. The third-order valence-corrected chi connectivity index (χ3v) is 6.72. The summed E-state index contributed by atoms with van der Waals surface area (Å²) in [4.78, 5) is 9.09. The number of hydrogen-bond donors (Lipinski definition) is 0. The Morgan fingerprint density at radius 3 is 1.86 bits per heavy atom. The molecule has 0 bridgehead atoms. The number of unbranched alkanes of at least 4 members (excludes halogenated alkanes) is 8. The van der Waals surface area contributed by atoms with E-state index in [0.717, 1.165) is 18.4 Å². The van der Waals surface area contributed by atoms with Gasteiger partial charge in [-0.3, -0.25) is 0 Å². The van der Waals surface area contributed by atoms with Gasteiger partial charge in [0, 0.05) is 24.4 Å². The highest BCUT2D eigenvalue weighted by molar-refractivity contribution is 5.55. The number of aromatic nitrogens is 2. The molecular formula is C31H48F2N2O. The van der Waals surface area contributed by atoms with Crippen LogP contribution in [0, 0.1) is 0 Å². The van der Waals surface area contributed by atoms with Gasteiger partial charge in [0.05, 0.1) is 6.61 Å². The maximum atomic E-state index is 14.0. The van der Waals surface area contributed by atoms with E-state index >= 15 is 0 Å². The normalized spacial score (nSPS) is 13.0. The van der Waals surface area contributed by atoms with Gasteiger partial charge >= 0.3 is 0 Å². The van der Waals surface area contributed by atoms with E-state index in [9.17, 15) is 8.78 Å². The third-order valence-electron chi connectivity index (χ3n) is 6.72. The molecule has 1 aromatic carbocycles. The van der Waals surface area contributed by atoms with Crippen LogP contribution in [0.5, 0.6) is 5.75 Å². The smallest absolute Gasteiger partial charge is 0.159 e. The minimum absolute atomic E-state index is 0.318. The third kappa shape index (κ3) is 13.3. The van der Waals surface area contributed by atoms with E-state index in [-0.39, 0.29) is 0 Å². The van der Waals surface area contributed by atoms with Crippen LogP contribution in [-0.4, -0.2) is 28.9 Å². The maximum Gasteiger partial charge on any atom is 0.159 e. The highest BCUT2D eigenvalue weighted by Gasteiger charge is 2.10. The Kier molecular flexibility index (Phi) is 16.0. The number of benzene rings is 1. The summed E-state index contributed by atoms with van der Waals surface area (Å²) in [6.07, 6.45) is 18.3. The highest BCUT2D eigenvalue weighted by Crippen LogP contribution is 2.21. The average Bonchev–Trinajstić information content (AvgIpc) is 2.89. The molecule has 0 aliphatic rings. The lowest BCUT2D eigenvalue weighted by Crippen LogP contribution is -2.09. The van der Waals surface area contributed by atoms with Crippen LogP contribution in [0.4, 0.5) is 8.78 Å². The molecule has 0 spiro atoms. The summed E-state index contributed by atoms with van der Waals surface area (Å²) in [7, 11) is 0. The topological polar surface area (TPSA) is 35.0 Å². The van der Waals surface area contributed by atoms with E-state index in [4.69, 9.17) is 4.74 Å². The van der Waals surface area contributed by atoms with Crippen LogP contribution >= 0.6 is 0 Å². The molecule has 2 atom stereocenters. The van der Waals surface area contributed by atoms with Crippen molar-refractivity contribution in [3.8, 4) is 17.1 Å². The second kappa shape index (κ2) is 19.1. The van der Waals surface area contributed by atoms with Crippen LogP contribution in [0.15, 0.2) is 36.7 Å². The van der Waals surface area contributed by atoms with Gasteiger partial charge < -0.3 is 4.74 Å². The quantitative estimate of drug-likeness (QED) is 0.159. The molecule has 1 aromatic heterocycles. The van der Waals surface area contributed by atoms with Crippen molar-refractivity contribution in [1.82, 2.24) is 9.97 Å². The number of nitrogens with zero attached hydrogens (tertiary/aromatic N) is 2. The number of halogens is 2. The predicted octanol–water partition coefficient (Wildman–Crippen LogP) is 9.63. The van der Waals surface area contributed by atoms with Crippen molar-refractivity contribution < 1.29 is 13.5 Å². The lowest BCUT2D eigenvalue weighted by Gasteiger charge is -2.11. The van der Waals surface area contributed by atoms with Crippen molar-refractivity contribution in [2.24, 2.45) is 0 Å². The molecule has 0 radical (unpaired) electrons. The largest absolute Gasteiger partial charge is 0.493 e. The maximum absolute atomic E-state index is 14.0. The first-order chi connectivity index (χ1) is 17.6. The van der Waals surface area contributed by atoms with Gasteiger partial charge in [0.15, 0.2) is 5.82 Å². The van der Waals surface area contributed by atoms with Crippen molar-refractivity contribution >= 4 is 0 Å². The van der Waals surface area contributed by atoms with Crippen LogP contribution in [0.25, 0.3) is 11.4 Å². The van der Waals surface area contributed by atoms with Gasteiger partial charge in [0.2, 0.25) is 0 Å². The highest BCUT2D eigenvalue weighted by atomic mass is 19.1. The fourth-order valence-electron chi connectivity index (χ4n) is 4.44. The van der Waals surface area contributed by atoms with Crippen molar-refractivity contribution in [3.05, 3.63) is 42.2 Å².